The molecule has 0 aliphatic rings. The van der Waals surface area contributed by atoms with Crippen LogP contribution in [0.3, 0.4) is 0 Å². The highest BCUT2D eigenvalue weighted by molar-refractivity contribution is 5.91. The fraction of sp³-hybridized carbons (Fsp3) is 0.389. The molecule has 0 spiro atoms. The normalized spacial score (nSPS) is 12.0. The molecule has 7 nitrogen and oxygen atoms in total. The maximum absolute atomic E-state index is 12.0. The predicted molar refractivity (Wildman–Crippen MR) is 92.9 cm³/mol. The lowest BCUT2D eigenvalue weighted by Gasteiger charge is -2.15. The molecule has 25 heavy (non-hydrogen) atoms. The molecule has 2 rings (SSSR count). The zero-order valence-electron chi connectivity index (χ0n) is 14.7. The van der Waals surface area contributed by atoms with Crippen LogP contribution < -0.4 is 14.8 Å². The third-order valence-corrected chi connectivity index (χ3v) is 3.38. The first-order chi connectivity index (χ1) is 12.0. The molecule has 0 saturated carbocycles. The number of ether oxygens (including phenoxy) is 2. The first-order valence-electron chi connectivity index (χ1n) is 7.94. The van der Waals surface area contributed by atoms with Gasteiger partial charge in [0, 0.05) is 19.2 Å². The summed E-state index contributed by atoms with van der Waals surface area (Å²) < 4.78 is 16.2. The largest absolute Gasteiger partial charge is 0.497 e. The number of methoxy groups -OCH3 is 1. The first-order valence-corrected chi connectivity index (χ1v) is 7.94. The molecule has 1 aromatic heterocycles. The second-order valence-electron chi connectivity index (χ2n) is 5.86. The number of amides is 1. The third-order valence-electron chi connectivity index (χ3n) is 3.38. The second-order valence-corrected chi connectivity index (χ2v) is 5.86. The number of aliphatic hydroxyl groups excluding tert-OH is 1. The Morgan fingerprint density at radius 2 is 2.04 bits per heavy atom. The summed E-state index contributed by atoms with van der Waals surface area (Å²) >= 11 is 0. The zero-order chi connectivity index (χ0) is 18.2. The van der Waals surface area contributed by atoms with Crippen molar-refractivity contribution in [2.24, 2.45) is 0 Å². The Bertz CT molecular complexity index is 684. The van der Waals surface area contributed by atoms with E-state index in [1.54, 1.807) is 25.3 Å². The highest BCUT2D eigenvalue weighted by Gasteiger charge is 2.13. The minimum atomic E-state index is -0.634. The van der Waals surface area contributed by atoms with E-state index >= 15 is 0 Å². The second kappa shape index (κ2) is 9.10. The van der Waals surface area contributed by atoms with Gasteiger partial charge in [0.05, 0.1) is 13.2 Å². The number of benzene rings is 1. The summed E-state index contributed by atoms with van der Waals surface area (Å²) in [5.74, 6) is 1.69. The van der Waals surface area contributed by atoms with Gasteiger partial charge in [-0.15, -0.1) is 0 Å². The van der Waals surface area contributed by atoms with E-state index in [-0.39, 0.29) is 24.8 Å². The minimum Gasteiger partial charge on any atom is -0.497 e. The Labute approximate surface area is 147 Å². The molecule has 1 amide bonds. The van der Waals surface area contributed by atoms with Crippen LogP contribution in [0.5, 0.6) is 11.5 Å². The number of carbonyl (C=O) groups excluding carboxylic acids is 1. The number of likely N-dealkylation sites (N-methyl/N-ethyl adjacent to an activating group) is 1. The summed E-state index contributed by atoms with van der Waals surface area (Å²) in [5.41, 5.74) is 0. The van der Waals surface area contributed by atoms with E-state index in [1.165, 1.54) is 0 Å². The van der Waals surface area contributed by atoms with Gasteiger partial charge in [-0.2, -0.15) is 0 Å². The Morgan fingerprint density at radius 1 is 1.28 bits per heavy atom. The van der Waals surface area contributed by atoms with E-state index in [0.29, 0.717) is 23.8 Å². The summed E-state index contributed by atoms with van der Waals surface area (Å²) in [5, 5.41) is 12.4. The van der Waals surface area contributed by atoms with Gasteiger partial charge >= 0.3 is 0 Å². The molecule has 1 heterocycles. The SMILES string of the molecule is COc1cccc(OCc2ccc(C(=O)NCC(O)CN(C)C)o2)c1. The summed E-state index contributed by atoms with van der Waals surface area (Å²) in [6, 6.07) is 10.5. The van der Waals surface area contributed by atoms with Gasteiger partial charge < -0.3 is 29.2 Å². The molecule has 1 aromatic carbocycles. The van der Waals surface area contributed by atoms with Gasteiger partial charge in [0.2, 0.25) is 0 Å². The standard InChI is InChI=1S/C18H24N2O5/c1-20(2)11-13(21)10-19-18(22)17-8-7-16(25-17)12-24-15-6-4-5-14(9-15)23-3/h4-9,13,21H,10-12H2,1-3H3,(H,19,22). The molecule has 136 valence electrons. The van der Waals surface area contributed by atoms with Crippen molar-refractivity contribution in [1.82, 2.24) is 10.2 Å². The lowest BCUT2D eigenvalue weighted by molar-refractivity contribution is 0.0863. The van der Waals surface area contributed by atoms with Gasteiger partial charge in [-0.25, -0.2) is 0 Å². The number of nitrogens with one attached hydrogen (secondary N) is 1. The highest BCUT2D eigenvalue weighted by atomic mass is 16.5. The van der Waals surface area contributed by atoms with Crippen LogP contribution >= 0.6 is 0 Å². The van der Waals surface area contributed by atoms with Gasteiger partial charge in [-0.1, -0.05) is 6.07 Å². The van der Waals surface area contributed by atoms with Crippen molar-refractivity contribution in [1.29, 1.82) is 0 Å². The van der Waals surface area contributed by atoms with Crippen molar-refractivity contribution in [3.8, 4) is 11.5 Å². The van der Waals surface area contributed by atoms with Crippen LogP contribution in [0.2, 0.25) is 0 Å². The number of hydrogen-bond acceptors (Lipinski definition) is 6. The lowest BCUT2D eigenvalue weighted by Crippen LogP contribution is -2.37. The zero-order valence-corrected chi connectivity index (χ0v) is 14.7. The topological polar surface area (TPSA) is 84.2 Å². The fourth-order valence-corrected chi connectivity index (χ4v) is 2.21. The maximum atomic E-state index is 12.0. The number of hydrogen-bond donors (Lipinski definition) is 2. The van der Waals surface area contributed by atoms with E-state index in [0.717, 1.165) is 0 Å². The van der Waals surface area contributed by atoms with Crippen LogP contribution in [0.25, 0.3) is 0 Å². The monoisotopic (exact) mass is 348 g/mol. The number of nitrogens with zero attached hydrogens (tertiary/aromatic N) is 1. The van der Waals surface area contributed by atoms with Crippen molar-refractivity contribution >= 4 is 5.91 Å². The number of carbonyl (C=O) groups is 1. The molecule has 0 saturated heterocycles. The van der Waals surface area contributed by atoms with Crippen LogP contribution in [0.1, 0.15) is 16.3 Å². The van der Waals surface area contributed by atoms with E-state index in [1.807, 2.05) is 37.2 Å². The van der Waals surface area contributed by atoms with Crippen molar-refractivity contribution < 1.29 is 23.8 Å². The van der Waals surface area contributed by atoms with Crippen LogP contribution in [0.4, 0.5) is 0 Å². The predicted octanol–water partition coefficient (Wildman–Crippen LogP) is 1.52. The van der Waals surface area contributed by atoms with Crippen LogP contribution in [-0.4, -0.2) is 56.3 Å². The Hall–Kier alpha value is -2.51. The van der Waals surface area contributed by atoms with Crippen LogP contribution in [0.15, 0.2) is 40.8 Å². The molecule has 0 radical (unpaired) electrons. The van der Waals surface area contributed by atoms with Crippen molar-refractivity contribution in [2.45, 2.75) is 12.7 Å². The molecule has 0 aliphatic heterocycles. The number of aliphatic hydroxyl groups is 1. The molecule has 0 fully saturated rings. The highest BCUT2D eigenvalue weighted by Crippen LogP contribution is 2.20. The Balaban J connectivity index is 1.83. The fourth-order valence-electron chi connectivity index (χ4n) is 2.21. The van der Waals surface area contributed by atoms with E-state index in [9.17, 15) is 9.90 Å². The maximum Gasteiger partial charge on any atom is 0.287 e. The molecule has 7 heteroatoms. The molecule has 1 unspecified atom stereocenters. The third kappa shape index (κ3) is 6.13. The van der Waals surface area contributed by atoms with Crippen molar-refractivity contribution in [3.05, 3.63) is 47.9 Å². The number of furan rings is 1. The summed E-state index contributed by atoms with van der Waals surface area (Å²) in [6.07, 6.45) is -0.634. The smallest absolute Gasteiger partial charge is 0.287 e. The van der Waals surface area contributed by atoms with Crippen molar-refractivity contribution in [2.75, 3.05) is 34.3 Å². The molecule has 0 aliphatic carbocycles. The van der Waals surface area contributed by atoms with Gasteiger partial charge in [-0.05, 0) is 38.4 Å². The van der Waals surface area contributed by atoms with Gasteiger partial charge in [0.25, 0.3) is 5.91 Å². The van der Waals surface area contributed by atoms with Crippen molar-refractivity contribution in [3.63, 3.8) is 0 Å². The summed E-state index contributed by atoms with van der Waals surface area (Å²) in [6.45, 7) is 0.828. The van der Waals surface area contributed by atoms with Gasteiger partial charge in [-0.3, -0.25) is 4.79 Å². The average molecular weight is 348 g/mol. The summed E-state index contributed by atoms with van der Waals surface area (Å²) in [7, 11) is 5.30. The Kier molecular flexibility index (Phi) is 6.85. The minimum absolute atomic E-state index is 0.160. The van der Waals surface area contributed by atoms with E-state index in [2.05, 4.69) is 5.32 Å². The first kappa shape index (κ1) is 18.8. The molecular weight excluding hydrogens is 324 g/mol. The lowest BCUT2D eigenvalue weighted by atomic mass is 10.3. The quantitative estimate of drug-likeness (QED) is 0.715. The molecule has 1 atom stereocenters. The molecule has 2 aromatic rings. The van der Waals surface area contributed by atoms with Gasteiger partial charge in [0.15, 0.2) is 5.76 Å². The van der Waals surface area contributed by atoms with Crippen LogP contribution in [-0.2, 0) is 6.61 Å². The number of rotatable bonds is 9. The summed E-state index contributed by atoms with van der Waals surface area (Å²) in [4.78, 5) is 13.9. The van der Waals surface area contributed by atoms with E-state index in [4.69, 9.17) is 13.9 Å². The molecular formula is C18H24N2O5. The Morgan fingerprint density at radius 3 is 2.76 bits per heavy atom. The van der Waals surface area contributed by atoms with Crippen LogP contribution in [0, 0.1) is 0 Å². The van der Waals surface area contributed by atoms with Gasteiger partial charge in [0.1, 0.15) is 23.9 Å². The molecule has 0 bridgehead atoms. The van der Waals surface area contributed by atoms with E-state index < -0.39 is 6.10 Å². The average Bonchev–Trinajstić information content (AvgIpc) is 3.06. The molecule has 2 N–H and O–H groups in total.